The molecule has 0 saturated carbocycles. The summed E-state index contributed by atoms with van der Waals surface area (Å²) in [5.41, 5.74) is 5.88. The van der Waals surface area contributed by atoms with Crippen molar-refractivity contribution in [2.24, 2.45) is 0 Å². The number of benzene rings is 2. The lowest BCUT2D eigenvalue weighted by Gasteiger charge is -2.22. The quantitative estimate of drug-likeness (QED) is 0.334. The number of thioether (sulfide) groups is 1. The number of esters is 1. The van der Waals surface area contributed by atoms with Gasteiger partial charge in [-0.05, 0) is 72.4 Å². The Morgan fingerprint density at radius 3 is 2.00 bits per heavy atom. The zero-order valence-electron chi connectivity index (χ0n) is 17.6. The van der Waals surface area contributed by atoms with Crippen LogP contribution in [0.5, 0.6) is 0 Å². The van der Waals surface area contributed by atoms with Crippen LogP contribution in [-0.2, 0) is 17.6 Å². The van der Waals surface area contributed by atoms with Gasteiger partial charge in [0.1, 0.15) is 0 Å². The van der Waals surface area contributed by atoms with E-state index in [0.29, 0.717) is 0 Å². The summed E-state index contributed by atoms with van der Waals surface area (Å²) in [6, 6.07) is 10.8. The number of rotatable bonds is 3. The highest BCUT2D eigenvalue weighted by molar-refractivity contribution is 9.10. The van der Waals surface area contributed by atoms with Crippen molar-refractivity contribution in [1.82, 2.24) is 0 Å². The lowest BCUT2D eigenvalue weighted by molar-refractivity contribution is 0.0595. The molecular formula is C25H31BrO2S. The van der Waals surface area contributed by atoms with E-state index in [9.17, 15) is 4.79 Å². The first-order valence-electron chi connectivity index (χ1n) is 10.7. The first-order chi connectivity index (χ1) is 14.2. The summed E-state index contributed by atoms with van der Waals surface area (Å²) in [4.78, 5) is 13.8. The Balaban J connectivity index is 2.18. The fourth-order valence-electron chi connectivity index (χ4n) is 4.35. The van der Waals surface area contributed by atoms with Crippen molar-refractivity contribution in [3.8, 4) is 11.1 Å². The molecule has 0 heterocycles. The van der Waals surface area contributed by atoms with Gasteiger partial charge >= 0.3 is 5.97 Å². The van der Waals surface area contributed by atoms with Gasteiger partial charge in [0.2, 0.25) is 0 Å². The van der Waals surface area contributed by atoms with E-state index in [-0.39, 0.29) is 5.97 Å². The maximum atomic E-state index is 12.8. The van der Waals surface area contributed by atoms with Crippen LogP contribution < -0.4 is 0 Å². The van der Waals surface area contributed by atoms with Gasteiger partial charge < -0.3 is 4.74 Å². The molecule has 0 fully saturated rings. The molecule has 3 rings (SSSR count). The van der Waals surface area contributed by atoms with Crippen molar-refractivity contribution in [2.45, 2.75) is 69.1 Å². The minimum atomic E-state index is -0.194. The molecular weight excluding hydrogens is 444 g/mol. The molecule has 0 aromatic heterocycles. The van der Waals surface area contributed by atoms with Crippen LogP contribution in [0.25, 0.3) is 11.1 Å². The van der Waals surface area contributed by atoms with Crippen LogP contribution in [0.2, 0.25) is 0 Å². The van der Waals surface area contributed by atoms with Crippen LogP contribution in [0.15, 0.2) is 39.7 Å². The summed E-state index contributed by atoms with van der Waals surface area (Å²) in [5.74, 6) is -0.194. The summed E-state index contributed by atoms with van der Waals surface area (Å²) in [7, 11) is 1.50. The Hall–Kier alpha value is -1.26. The Labute approximate surface area is 187 Å². The van der Waals surface area contributed by atoms with Crippen molar-refractivity contribution >= 4 is 33.7 Å². The zero-order valence-corrected chi connectivity index (χ0v) is 20.0. The highest BCUT2D eigenvalue weighted by atomic mass is 79.9. The molecule has 0 N–H and O–H groups in total. The summed E-state index contributed by atoms with van der Waals surface area (Å²) in [6.45, 7) is 0. The normalized spacial score (nSPS) is 15.7. The predicted octanol–water partition coefficient (Wildman–Crippen LogP) is 7.84. The van der Waals surface area contributed by atoms with Crippen molar-refractivity contribution in [3.63, 3.8) is 0 Å². The maximum absolute atomic E-state index is 12.8. The Morgan fingerprint density at radius 2 is 1.45 bits per heavy atom. The number of ether oxygens (including phenoxy) is 1. The maximum Gasteiger partial charge on any atom is 0.339 e. The Bertz CT molecular complexity index is 830. The topological polar surface area (TPSA) is 26.3 Å². The van der Waals surface area contributed by atoms with Gasteiger partial charge in [-0.1, -0.05) is 66.6 Å². The van der Waals surface area contributed by atoms with Gasteiger partial charge in [0, 0.05) is 9.37 Å². The van der Waals surface area contributed by atoms with Crippen molar-refractivity contribution in [3.05, 3.63) is 51.5 Å². The molecule has 0 radical (unpaired) electrons. The van der Waals surface area contributed by atoms with E-state index >= 15 is 0 Å². The number of carbonyl (C=O) groups excluding carboxylic acids is 1. The second kappa shape index (κ2) is 11.2. The molecule has 1 aliphatic rings. The first-order valence-corrected chi connectivity index (χ1v) is 12.7. The molecule has 0 saturated heterocycles. The predicted molar refractivity (Wildman–Crippen MR) is 127 cm³/mol. The highest BCUT2D eigenvalue weighted by Gasteiger charge is 2.23. The number of carbonyl (C=O) groups is 1. The highest BCUT2D eigenvalue weighted by Crippen LogP contribution is 2.38. The molecule has 2 nitrogen and oxygen atoms in total. The smallest absolute Gasteiger partial charge is 0.339 e. The number of fused-ring (bicyclic) bond motifs is 1. The number of methoxy groups -OCH3 is 1. The third-order valence-electron chi connectivity index (χ3n) is 5.88. The largest absolute Gasteiger partial charge is 0.465 e. The van der Waals surface area contributed by atoms with Crippen molar-refractivity contribution in [1.29, 1.82) is 0 Å². The van der Waals surface area contributed by atoms with Crippen LogP contribution in [-0.4, -0.2) is 19.3 Å². The van der Waals surface area contributed by atoms with E-state index < -0.39 is 0 Å². The molecule has 156 valence electrons. The molecule has 0 bridgehead atoms. The zero-order chi connectivity index (χ0) is 20.6. The number of hydrogen-bond acceptors (Lipinski definition) is 3. The minimum absolute atomic E-state index is 0.194. The lowest BCUT2D eigenvalue weighted by atomic mass is 9.86. The van der Waals surface area contributed by atoms with Crippen molar-refractivity contribution < 1.29 is 9.53 Å². The summed E-state index contributed by atoms with van der Waals surface area (Å²) in [6.07, 6.45) is 14.1. The van der Waals surface area contributed by atoms with E-state index in [1.165, 1.54) is 74.3 Å². The molecule has 0 spiro atoms. The van der Waals surface area contributed by atoms with Crippen LogP contribution in [0.4, 0.5) is 0 Å². The molecule has 2 aromatic carbocycles. The van der Waals surface area contributed by atoms with E-state index in [4.69, 9.17) is 4.74 Å². The van der Waals surface area contributed by atoms with E-state index in [0.717, 1.165) is 34.2 Å². The molecule has 0 unspecified atom stereocenters. The van der Waals surface area contributed by atoms with Crippen LogP contribution in [0.3, 0.4) is 0 Å². The minimum Gasteiger partial charge on any atom is -0.465 e. The Morgan fingerprint density at radius 1 is 0.897 bits per heavy atom. The van der Waals surface area contributed by atoms with Gasteiger partial charge in [-0.2, -0.15) is 0 Å². The monoisotopic (exact) mass is 474 g/mol. The van der Waals surface area contributed by atoms with E-state index in [2.05, 4.69) is 52.5 Å². The van der Waals surface area contributed by atoms with E-state index in [1.807, 2.05) is 0 Å². The van der Waals surface area contributed by atoms with Crippen LogP contribution in [0, 0.1) is 0 Å². The first kappa shape index (κ1) is 22.4. The van der Waals surface area contributed by atoms with E-state index in [1.54, 1.807) is 11.8 Å². The molecule has 2 aromatic rings. The average Bonchev–Trinajstić information content (AvgIpc) is 2.73. The van der Waals surface area contributed by atoms with Gasteiger partial charge in [0.15, 0.2) is 0 Å². The fourth-order valence-corrected chi connectivity index (χ4v) is 5.26. The van der Waals surface area contributed by atoms with Crippen molar-refractivity contribution in [2.75, 3.05) is 13.4 Å². The second-order valence-electron chi connectivity index (χ2n) is 7.79. The molecule has 0 aliphatic heterocycles. The number of hydrogen-bond donors (Lipinski definition) is 0. The third-order valence-corrected chi connectivity index (χ3v) is 7.17. The van der Waals surface area contributed by atoms with Gasteiger partial charge in [-0.3, -0.25) is 0 Å². The van der Waals surface area contributed by atoms with Crippen LogP contribution in [0.1, 0.15) is 72.9 Å². The van der Waals surface area contributed by atoms with Gasteiger partial charge in [0.25, 0.3) is 0 Å². The second-order valence-corrected chi connectivity index (χ2v) is 9.55. The molecule has 0 atom stereocenters. The summed E-state index contributed by atoms with van der Waals surface area (Å²) >= 11 is 5.20. The van der Waals surface area contributed by atoms with Crippen LogP contribution >= 0.6 is 27.7 Å². The van der Waals surface area contributed by atoms with Gasteiger partial charge in [-0.25, -0.2) is 4.79 Å². The molecule has 29 heavy (non-hydrogen) atoms. The summed E-state index contributed by atoms with van der Waals surface area (Å²) < 4.78 is 6.31. The molecule has 0 amide bonds. The van der Waals surface area contributed by atoms with Gasteiger partial charge in [-0.15, -0.1) is 11.8 Å². The fraction of sp³-hybridized carbons (Fsp3) is 0.480. The van der Waals surface area contributed by atoms with Gasteiger partial charge in [0.05, 0.1) is 12.7 Å². The molecule has 4 heteroatoms. The summed E-state index contributed by atoms with van der Waals surface area (Å²) in [5, 5.41) is 0. The SMILES string of the molecule is COC(=O)c1c(SC)cc(-c2ccc(Br)cc2)c2c1CCCCCCCCCC2. The lowest BCUT2D eigenvalue weighted by Crippen LogP contribution is -2.12. The number of halogens is 1. The Kier molecular flexibility index (Phi) is 8.68. The molecule has 1 aliphatic carbocycles. The standard InChI is InChI=1S/C25H31BrO2S/c1-28-25(27)24-21-12-10-8-6-4-3-5-7-9-11-20(21)22(17-23(24)29-2)18-13-15-19(26)16-14-18/h13-17H,3-12H2,1-2H3. The third kappa shape index (κ3) is 5.67. The average molecular weight is 475 g/mol.